The molecule has 1 aliphatic carbocycles. The smallest absolute Gasteiger partial charge is 0.307 e. The summed E-state index contributed by atoms with van der Waals surface area (Å²) in [5, 5.41) is 11.3. The summed E-state index contributed by atoms with van der Waals surface area (Å²) in [5.74, 6) is -1.62. The van der Waals surface area contributed by atoms with E-state index < -0.39 is 17.8 Å². The first-order valence-electron chi connectivity index (χ1n) is 5.05. The van der Waals surface area contributed by atoms with Gasteiger partial charge in [-0.2, -0.15) is 0 Å². The molecule has 5 nitrogen and oxygen atoms in total. The molecule has 0 spiro atoms. The predicted molar refractivity (Wildman–Crippen MR) is 56.8 cm³/mol. The fourth-order valence-electron chi connectivity index (χ4n) is 1.59. The van der Waals surface area contributed by atoms with Crippen LogP contribution in [0.25, 0.3) is 0 Å². The number of carbonyl (C=O) groups is 2. The normalized spacial score (nSPS) is 22.6. The number of amides is 1. The maximum atomic E-state index is 11.6. The number of anilines is 1. The Morgan fingerprint density at radius 2 is 2.19 bits per heavy atom. The molecule has 5 heteroatoms. The molecule has 1 fully saturated rings. The van der Waals surface area contributed by atoms with Crippen LogP contribution in [0.15, 0.2) is 18.2 Å². The van der Waals surface area contributed by atoms with Gasteiger partial charge in [-0.05, 0) is 25.5 Å². The Kier molecular flexibility index (Phi) is 2.60. The molecule has 2 N–H and O–H groups in total. The van der Waals surface area contributed by atoms with E-state index in [1.54, 1.807) is 12.1 Å². The lowest BCUT2D eigenvalue weighted by molar-refractivity contribution is -0.139. The molecule has 0 bridgehead atoms. The van der Waals surface area contributed by atoms with Crippen LogP contribution in [0, 0.1) is 18.8 Å². The van der Waals surface area contributed by atoms with Crippen LogP contribution in [0.5, 0.6) is 0 Å². The third kappa shape index (κ3) is 2.18. The number of nitrogens with one attached hydrogen (secondary N) is 1. The summed E-state index contributed by atoms with van der Waals surface area (Å²) < 4.78 is 0. The number of pyridine rings is 1. The zero-order chi connectivity index (χ0) is 11.7. The molecule has 1 heterocycles. The zero-order valence-corrected chi connectivity index (χ0v) is 8.80. The number of carboxylic acids is 1. The van der Waals surface area contributed by atoms with E-state index >= 15 is 0 Å². The van der Waals surface area contributed by atoms with E-state index in [4.69, 9.17) is 5.11 Å². The summed E-state index contributed by atoms with van der Waals surface area (Å²) in [6.45, 7) is 1.83. The van der Waals surface area contributed by atoms with Gasteiger partial charge in [-0.1, -0.05) is 6.07 Å². The molecule has 0 aromatic carbocycles. The minimum absolute atomic E-state index is 0.259. The molecule has 2 atom stereocenters. The van der Waals surface area contributed by atoms with Gasteiger partial charge >= 0.3 is 5.97 Å². The number of hydrogen-bond donors (Lipinski definition) is 2. The number of aryl methyl sites for hydroxylation is 1. The lowest BCUT2D eigenvalue weighted by atomic mass is 10.3. The first-order valence-corrected chi connectivity index (χ1v) is 5.05. The summed E-state index contributed by atoms with van der Waals surface area (Å²) in [6.07, 6.45) is 0.424. The van der Waals surface area contributed by atoms with Crippen LogP contribution < -0.4 is 5.32 Å². The summed E-state index contributed by atoms with van der Waals surface area (Å²) in [4.78, 5) is 26.3. The van der Waals surface area contributed by atoms with Crippen molar-refractivity contribution < 1.29 is 14.7 Å². The number of hydrogen-bond acceptors (Lipinski definition) is 3. The highest BCUT2D eigenvalue weighted by atomic mass is 16.4. The number of aromatic nitrogens is 1. The fraction of sp³-hybridized carbons (Fsp3) is 0.364. The lowest BCUT2D eigenvalue weighted by Gasteiger charge is -2.03. The van der Waals surface area contributed by atoms with E-state index in [2.05, 4.69) is 10.3 Å². The van der Waals surface area contributed by atoms with Crippen LogP contribution in [0.2, 0.25) is 0 Å². The average Bonchev–Trinajstić information content (AvgIpc) is 2.96. The first kappa shape index (κ1) is 10.6. The van der Waals surface area contributed by atoms with Crippen LogP contribution in [-0.2, 0) is 9.59 Å². The molecule has 1 aromatic rings. The molecule has 0 unspecified atom stereocenters. The summed E-state index contributed by atoms with van der Waals surface area (Å²) in [5.41, 5.74) is 0.809. The van der Waals surface area contributed by atoms with E-state index in [9.17, 15) is 9.59 Å². The molecule has 1 aromatic heterocycles. The van der Waals surface area contributed by atoms with Gasteiger partial charge in [0, 0.05) is 5.69 Å². The van der Waals surface area contributed by atoms with Crippen LogP contribution in [0.3, 0.4) is 0 Å². The van der Waals surface area contributed by atoms with Crippen molar-refractivity contribution in [2.45, 2.75) is 13.3 Å². The molecule has 1 saturated carbocycles. The van der Waals surface area contributed by atoms with Gasteiger partial charge in [0.1, 0.15) is 5.82 Å². The quantitative estimate of drug-likeness (QED) is 0.797. The Balaban J connectivity index is 1.96. The second-order valence-corrected chi connectivity index (χ2v) is 3.94. The van der Waals surface area contributed by atoms with Crippen molar-refractivity contribution in [1.82, 2.24) is 4.98 Å². The van der Waals surface area contributed by atoms with Gasteiger partial charge < -0.3 is 10.4 Å². The maximum Gasteiger partial charge on any atom is 0.307 e. The third-order valence-corrected chi connectivity index (χ3v) is 2.58. The molecule has 16 heavy (non-hydrogen) atoms. The van der Waals surface area contributed by atoms with Crippen molar-refractivity contribution in [3.63, 3.8) is 0 Å². The Bertz CT molecular complexity index is 445. The number of nitrogens with zero attached hydrogens (tertiary/aromatic N) is 1. The highest BCUT2D eigenvalue weighted by molar-refractivity contribution is 5.97. The van der Waals surface area contributed by atoms with Crippen molar-refractivity contribution in [2.24, 2.45) is 11.8 Å². The van der Waals surface area contributed by atoms with Gasteiger partial charge in [0.2, 0.25) is 5.91 Å². The summed E-state index contributed by atoms with van der Waals surface area (Å²) in [6, 6.07) is 5.30. The molecular weight excluding hydrogens is 208 g/mol. The monoisotopic (exact) mass is 220 g/mol. The van der Waals surface area contributed by atoms with Gasteiger partial charge in [0.25, 0.3) is 0 Å². The van der Waals surface area contributed by atoms with Crippen molar-refractivity contribution >= 4 is 17.7 Å². The van der Waals surface area contributed by atoms with E-state index in [0.29, 0.717) is 12.2 Å². The molecule has 0 aliphatic heterocycles. The van der Waals surface area contributed by atoms with Gasteiger partial charge in [0.05, 0.1) is 11.8 Å². The molecule has 0 radical (unpaired) electrons. The second kappa shape index (κ2) is 3.92. The molecule has 2 rings (SSSR count). The van der Waals surface area contributed by atoms with E-state index in [1.165, 1.54) is 0 Å². The standard InChI is InChI=1S/C11H12N2O3/c1-6-3-2-4-9(12-6)13-10(14)7-5-8(7)11(15)16/h2-4,7-8H,5H2,1H3,(H,15,16)(H,12,13,14)/t7-,8+/m1/s1. The Labute approximate surface area is 92.5 Å². The van der Waals surface area contributed by atoms with E-state index in [0.717, 1.165) is 5.69 Å². The zero-order valence-electron chi connectivity index (χ0n) is 8.80. The molecule has 0 saturated heterocycles. The first-order chi connectivity index (χ1) is 7.58. The Morgan fingerprint density at radius 3 is 2.75 bits per heavy atom. The third-order valence-electron chi connectivity index (χ3n) is 2.58. The predicted octanol–water partition coefficient (Wildman–Crippen LogP) is 1.05. The van der Waals surface area contributed by atoms with Crippen molar-refractivity contribution in [3.05, 3.63) is 23.9 Å². The van der Waals surface area contributed by atoms with Gasteiger partial charge in [-0.25, -0.2) is 4.98 Å². The van der Waals surface area contributed by atoms with E-state index in [-0.39, 0.29) is 5.91 Å². The molecule has 1 amide bonds. The summed E-state index contributed by atoms with van der Waals surface area (Å²) in [7, 11) is 0. The number of carbonyl (C=O) groups excluding carboxylic acids is 1. The van der Waals surface area contributed by atoms with Gasteiger partial charge in [-0.15, -0.1) is 0 Å². The highest BCUT2D eigenvalue weighted by Gasteiger charge is 2.48. The average molecular weight is 220 g/mol. The minimum atomic E-state index is -0.905. The Hall–Kier alpha value is -1.91. The molecule has 1 aliphatic rings. The van der Waals surface area contributed by atoms with Crippen LogP contribution in [-0.4, -0.2) is 22.0 Å². The molecule has 84 valence electrons. The number of carboxylic acid groups (broad SMARTS) is 1. The lowest BCUT2D eigenvalue weighted by Crippen LogP contribution is -2.17. The molecular formula is C11H12N2O3. The van der Waals surface area contributed by atoms with Crippen molar-refractivity contribution in [1.29, 1.82) is 0 Å². The van der Waals surface area contributed by atoms with Crippen LogP contribution in [0.4, 0.5) is 5.82 Å². The van der Waals surface area contributed by atoms with Crippen LogP contribution >= 0.6 is 0 Å². The number of rotatable bonds is 3. The van der Waals surface area contributed by atoms with Gasteiger partial charge in [0.15, 0.2) is 0 Å². The maximum absolute atomic E-state index is 11.6. The van der Waals surface area contributed by atoms with Crippen molar-refractivity contribution in [3.8, 4) is 0 Å². The fourth-order valence-corrected chi connectivity index (χ4v) is 1.59. The minimum Gasteiger partial charge on any atom is -0.481 e. The number of aliphatic carboxylic acids is 1. The van der Waals surface area contributed by atoms with Gasteiger partial charge in [-0.3, -0.25) is 9.59 Å². The summed E-state index contributed by atoms with van der Waals surface area (Å²) >= 11 is 0. The highest BCUT2D eigenvalue weighted by Crippen LogP contribution is 2.39. The van der Waals surface area contributed by atoms with E-state index in [1.807, 2.05) is 13.0 Å². The second-order valence-electron chi connectivity index (χ2n) is 3.94. The topological polar surface area (TPSA) is 79.3 Å². The largest absolute Gasteiger partial charge is 0.481 e. The van der Waals surface area contributed by atoms with Crippen molar-refractivity contribution in [2.75, 3.05) is 5.32 Å². The van der Waals surface area contributed by atoms with Crippen LogP contribution in [0.1, 0.15) is 12.1 Å². The SMILES string of the molecule is Cc1cccc(NC(=O)[C@@H]2C[C@@H]2C(=O)O)n1. The Morgan fingerprint density at radius 1 is 1.44 bits per heavy atom.